The van der Waals surface area contributed by atoms with Gasteiger partial charge in [-0.15, -0.1) is 11.8 Å². The van der Waals surface area contributed by atoms with E-state index in [-0.39, 0.29) is 5.78 Å². The topological polar surface area (TPSA) is 40.1 Å². The molecule has 0 spiro atoms. The van der Waals surface area contributed by atoms with Crippen molar-refractivity contribution in [2.45, 2.75) is 9.79 Å². The lowest BCUT2D eigenvalue weighted by Crippen LogP contribution is -2.27. The molecule has 0 bridgehead atoms. The van der Waals surface area contributed by atoms with Crippen LogP contribution in [0.3, 0.4) is 0 Å². The summed E-state index contributed by atoms with van der Waals surface area (Å²) in [6, 6.07) is 5.29. The molecule has 1 aromatic rings. The van der Waals surface area contributed by atoms with E-state index in [0.29, 0.717) is 15.3 Å². The molecule has 2 aliphatic rings. The van der Waals surface area contributed by atoms with Crippen molar-refractivity contribution in [2.75, 3.05) is 6.26 Å². The Hall–Kier alpha value is -1.17. The first-order valence-corrected chi connectivity index (χ1v) is 8.05. The average Bonchev–Trinajstić information content (AvgIpc) is 2.44. The molecule has 0 fully saturated rings. The van der Waals surface area contributed by atoms with Crippen LogP contribution in [0.1, 0.15) is 10.4 Å². The summed E-state index contributed by atoms with van der Waals surface area (Å²) in [5.41, 5.74) is 0.485. The molecular weight excluding hydrogens is 283 g/mol. The Morgan fingerprint density at radius 3 is 2.95 bits per heavy atom. The predicted octanol–water partition coefficient (Wildman–Crippen LogP) is 3.57. The molecule has 0 aromatic heterocycles. The molecule has 19 heavy (non-hydrogen) atoms. The first kappa shape index (κ1) is 12.8. The number of thioether (sulfide) groups is 1. The minimum Gasteiger partial charge on any atom is -0.799 e. The summed E-state index contributed by atoms with van der Waals surface area (Å²) in [6.45, 7) is 0. The van der Waals surface area contributed by atoms with Gasteiger partial charge in [0.1, 0.15) is 5.83 Å². The number of rotatable bonds is 1. The highest BCUT2D eigenvalue weighted by Crippen LogP contribution is 2.40. The van der Waals surface area contributed by atoms with E-state index in [1.165, 1.54) is 30.0 Å². The van der Waals surface area contributed by atoms with Crippen molar-refractivity contribution < 1.29 is 13.7 Å². The Morgan fingerprint density at radius 1 is 1.42 bits per heavy atom. The largest absolute Gasteiger partial charge is 0.799 e. The second-order valence-corrected chi connectivity index (χ2v) is 6.59. The van der Waals surface area contributed by atoms with Gasteiger partial charge < -0.3 is 4.55 Å². The van der Waals surface area contributed by atoms with Gasteiger partial charge in [0, 0.05) is 10.5 Å². The molecule has 0 N–H and O–H groups in total. The molecule has 1 heterocycles. The van der Waals surface area contributed by atoms with E-state index in [4.69, 9.17) is 0 Å². The molecule has 0 radical (unpaired) electrons. The van der Waals surface area contributed by atoms with E-state index < -0.39 is 22.5 Å². The number of hydrogen-bond donors (Lipinski definition) is 0. The second kappa shape index (κ2) is 4.74. The van der Waals surface area contributed by atoms with Gasteiger partial charge in [0.05, 0.1) is 5.92 Å². The average molecular weight is 293 g/mol. The minimum absolute atomic E-state index is 0.111. The van der Waals surface area contributed by atoms with Crippen LogP contribution in [0.4, 0.5) is 4.39 Å². The van der Waals surface area contributed by atoms with Crippen molar-refractivity contribution in [3.05, 3.63) is 47.8 Å². The standard InChI is InChI=1S/C14H10FO2S2/c1-18-9-3-5-12-11(7-9)14(16)10-4-2-8(15)6-13(10)19(12)17/h2-7,10H,1H3/q-1. The lowest BCUT2D eigenvalue weighted by molar-refractivity contribution is 0.0968. The molecular formula is C14H10FO2S2-. The maximum Gasteiger partial charge on any atom is 0.175 e. The minimum atomic E-state index is -1.46. The highest BCUT2D eigenvalue weighted by Gasteiger charge is 2.30. The number of allylic oxidation sites excluding steroid dienone is 4. The number of fused-ring (bicyclic) bond motifs is 2. The molecule has 2 nitrogen and oxygen atoms in total. The molecule has 5 heteroatoms. The predicted molar refractivity (Wildman–Crippen MR) is 76.0 cm³/mol. The number of carbonyl (C=O) groups excluding carboxylic acids is 1. The van der Waals surface area contributed by atoms with E-state index in [2.05, 4.69) is 0 Å². The van der Waals surface area contributed by atoms with E-state index in [0.717, 1.165) is 4.90 Å². The number of ketones is 1. The summed E-state index contributed by atoms with van der Waals surface area (Å²) in [4.78, 5) is 14.2. The molecule has 2 atom stereocenters. The molecule has 1 aromatic carbocycles. The van der Waals surface area contributed by atoms with Crippen LogP contribution in [0, 0.1) is 5.92 Å². The fourth-order valence-corrected chi connectivity index (χ4v) is 4.11. The summed E-state index contributed by atoms with van der Waals surface area (Å²) >= 11 is 1.53. The highest BCUT2D eigenvalue weighted by atomic mass is 32.2. The van der Waals surface area contributed by atoms with Crippen molar-refractivity contribution in [1.29, 1.82) is 0 Å². The van der Waals surface area contributed by atoms with Crippen LogP contribution in [-0.2, 0) is 0 Å². The normalized spacial score (nSPS) is 24.9. The molecule has 0 saturated heterocycles. The third-order valence-corrected chi connectivity index (χ3v) is 5.46. The molecule has 0 saturated carbocycles. The van der Waals surface area contributed by atoms with E-state index in [1.54, 1.807) is 12.1 Å². The van der Waals surface area contributed by atoms with Gasteiger partial charge in [-0.05, 0) is 46.4 Å². The third-order valence-electron chi connectivity index (χ3n) is 3.18. The molecule has 1 aliphatic heterocycles. The van der Waals surface area contributed by atoms with Gasteiger partial charge in [0.15, 0.2) is 5.78 Å². The monoisotopic (exact) mass is 293 g/mol. The quantitative estimate of drug-likeness (QED) is 0.587. The maximum atomic E-state index is 13.3. The van der Waals surface area contributed by atoms with Crippen LogP contribution < -0.4 is 0 Å². The van der Waals surface area contributed by atoms with E-state index in [9.17, 15) is 13.7 Å². The molecule has 1 aliphatic carbocycles. The summed E-state index contributed by atoms with van der Waals surface area (Å²) in [7, 11) is -1.46. The van der Waals surface area contributed by atoms with Crippen LogP contribution in [0.25, 0.3) is 0 Å². The van der Waals surface area contributed by atoms with E-state index >= 15 is 0 Å². The zero-order chi connectivity index (χ0) is 13.6. The first-order chi connectivity index (χ1) is 9.11. The van der Waals surface area contributed by atoms with Crippen molar-refractivity contribution in [3.8, 4) is 0 Å². The Kier molecular flexibility index (Phi) is 3.20. The van der Waals surface area contributed by atoms with Crippen LogP contribution in [0.2, 0.25) is 0 Å². The van der Waals surface area contributed by atoms with Gasteiger partial charge in [-0.25, -0.2) is 15.2 Å². The lowest BCUT2D eigenvalue weighted by Gasteiger charge is -2.32. The number of hydrogen-bond acceptors (Lipinski definition) is 3. The third kappa shape index (κ3) is 2.02. The lowest BCUT2D eigenvalue weighted by atomic mass is 9.91. The van der Waals surface area contributed by atoms with Gasteiger partial charge in [-0.3, -0.25) is 4.79 Å². The fraction of sp³-hybridized carbons (Fsp3) is 0.143. The Labute approximate surface area is 117 Å². The van der Waals surface area contributed by atoms with Gasteiger partial charge in [-0.1, -0.05) is 6.08 Å². The van der Waals surface area contributed by atoms with Gasteiger partial charge in [-0.2, -0.15) is 0 Å². The van der Waals surface area contributed by atoms with Crippen molar-refractivity contribution in [1.82, 2.24) is 0 Å². The number of Topliss-reactive ketones (excluding diaryl/α,β-unsaturated/α-hetero) is 1. The second-order valence-electron chi connectivity index (χ2n) is 4.26. The number of benzene rings is 1. The van der Waals surface area contributed by atoms with Crippen LogP contribution in [0.5, 0.6) is 0 Å². The molecule has 3 rings (SSSR count). The van der Waals surface area contributed by atoms with Gasteiger partial charge in [0.25, 0.3) is 0 Å². The molecule has 2 unspecified atom stereocenters. The highest BCUT2D eigenvalue weighted by molar-refractivity contribution is 8.11. The van der Waals surface area contributed by atoms with Crippen LogP contribution in [-0.4, -0.2) is 21.5 Å². The van der Waals surface area contributed by atoms with Crippen molar-refractivity contribution in [3.63, 3.8) is 0 Å². The summed E-state index contributed by atoms with van der Waals surface area (Å²) in [6.07, 6.45) is 5.87. The van der Waals surface area contributed by atoms with Crippen molar-refractivity contribution >= 4 is 33.2 Å². The van der Waals surface area contributed by atoms with E-state index in [1.807, 2.05) is 12.3 Å². The first-order valence-electron chi connectivity index (χ1n) is 5.68. The SMILES string of the molecule is CSc1ccc2c(c1)C(=O)C1C=CC(F)=CC1=S2[O-]. The zero-order valence-electron chi connectivity index (χ0n) is 10.1. The Morgan fingerprint density at radius 2 is 2.21 bits per heavy atom. The van der Waals surface area contributed by atoms with Gasteiger partial charge in [0.2, 0.25) is 0 Å². The number of carbonyl (C=O) groups is 1. The van der Waals surface area contributed by atoms with Crippen LogP contribution >= 0.6 is 22.5 Å². The maximum absolute atomic E-state index is 13.3. The Balaban J connectivity index is 2.24. The Bertz CT molecular complexity index is 674. The smallest absolute Gasteiger partial charge is 0.175 e. The summed E-state index contributed by atoms with van der Waals surface area (Å²) < 4.78 is 25.7. The van der Waals surface area contributed by atoms with Crippen LogP contribution in [0.15, 0.2) is 52.0 Å². The van der Waals surface area contributed by atoms with Crippen molar-refractivity contribution in [2.24, 2.45) is 5.92 Å². The molecule has 98 valence electrons. The molecule has 0 amide bonds. The summed E-state index contributed by atoms with van der Waals surface area (Å²) in [5.74, 6) is -1.16. The summed E-state index contributed by atoms with van der Waals surface area (Å²) in [5, 5.41) is 0. The fourth-order valence-electron chi connectivity index (χ4n) is 2.23. The van der Waals surface area contributed by atoms with Gasteiger partial charge >= 0.3 is 0 Å². The zero-order valence-corrected chi connectivity index (χ0v) is 11.7. The number of halogens is 1.